The van der Waals surface area contributed by atoms with Gasteiger partial charge in [0.05, 0.1) is 12.1 Å². The second-order valence-electron chi connectivity index (χ2n) is 8.45. The first-order chi connectivity index (χ1) is 14.7. The molecule has 154 valence electrons. The topological polar surface area (TPSA) is 48.1 Å². The lowest BCUT2D eigenvalue weighted by Gasteiger charge is -2.33. The molecule has 2 N–H and O–H groups in total. The van der Waals surface area contributed by atoms with E-state index < -0.39 is 0 Å². The fraction of sp³-hybridized carbons (Fsp3) is 0.346. The number of hydrogen-bond donors (Lipinski definition) is 2. The Labute approximate surface area is 178 Å². The highest BCUT2D eigenvalue weighted by atomic mass is 16.2. The number of fused-ring (bicyclic) bond motifs is 2. The van der Waals surface area contributed by atoms with Crippen molar-refractivity contribution in [3.8, 4) is 0 Å². The van der Waals surface area contributed by atoms with Crippen molar-refractivity contribution < 1.29 is 4.79 Å². The second kappa shape index (κ2) is 8.02. The number of rotatable bonds is 5. The van der Waals surface area contributed by atoms with Crippen molar-refractivity contribution in [2.75, 3.05) is 6.54 Å². The van der Waals surface area contributed by atoms with Crippen LogP contribution < -0.4 is 5.32 Å². The zero-order chi connectivity index (χ0) is 20.5. The van der Waals surface area contributed by atoms with E-state index in [1.807, 2.05) is 35.2 Å². The Morgan fingerprint density at radius 3 is 2.80 bits per heavy atom. The van der Waals surface area contributed by atoms with Gasteiger partial charge in [0, 0.05) is 23.1 Å². The number of carbonyl (C=O) groups is 1. The maximum Gasteiger partial charge on any atom is 0.270 e. The van der Waals surface area contributed by atoms with Crippen molar-refractivity contribution in [3.05, 3.63) is 83.2 Å². The summed E-state index contributed by atoms with van der Waals surface area (Å²) in [5, 5.41) is 4.88. The third-order valence-corrected chi connectivity index (χ3v) is 6.59. The second-order valence-corrected chi connectivity index (χ2v) is 8.45. The highest BCUT2D eigenvalue weighted by molar-refractivity contribution is 5.98. The maximum absolute atomic E-state index is 13.3. The van der Waals surface area contributed by atoms with Gasteiger partial charge in [-0.3, -0.25) is 4.79 Å². The fourth-order valence-corrected chi connectivity index (χ4v) is 5.07. The Bertz CT molecular complexity index is 1060. The summed E-state index contributed by atoms with van der Waals surface area (Å²) in [7, 11) is 0. The van der Waals surface area contributed by atoms with Gasteiger partial charge in [0.2, 0.25) is 0 Å². The predicted molar refractivity (Wildman–Crippen MR) is 121 cm³/mol. The van der Waals surface area contributed by atoms with Gasteiger partial charge in [-0.1, -0.05) is 42.5 Å². The van der Waals surface area contributed by atoms with E-state index in [9.17, 15) is 4.79 Å². The van der Waals surface area contributed by atoms with Gasteiger partial charge in [-0.25, -0.2) is 0 Å². The molecule has 2 aromatic carbocycles. The Morgan fingerprint density at radius 1 is 1.10 bits per heavy atom. The standard InChI is InChI=1S/C26H29N3O/c1-2-29(26(30)25-16-19-9-4-6-13-23(19)28-25)21-11-7-10-20(17-21)27-24-15-14-18-8-3-5-12-22(18)24/h3-6,8-9,12-13,16-17,21,24,27-28H,2,7,10-11,14-15H2,1H3/t21-,24-/m0/s1. The van der Waals surface area contributed by atoms with Crippen LogP contribution >= 0.6 is 0 Å². The van der Waals surface area contributed by atoms with Crippen molar-refractivity contribution in [2.45, 2.75) is 51.1 Å². The number of nitrogens with zero attached hydrogens (tertiary/aromatic N) is 1. The molecule has 0 saturated heterocycles. The summed E-state index contributed by atoms with van der Waals surface area (Å²) in [6.07, 6.45) is 7.78. The number of hydrogen-bond acceptors (Lipinski definition) is 2. The van der Waals surface area contributed by atoms with Crippen LogP contribution in [-0.2, 0) is 6.42 Å². The number of benzene rings is 2. The number of carbonyl (C=O) groups excluding carboxylic acids is 1. The molecule has 4 heteroatoms. The van der Waals surface area contributed by atoms with Crippen molar-refractivity contribution >= 4 is 16.8 Å². The van der Waals surface area contributed by atoms with Crippen LogP contribution in [0.5, 0.6) is 0 Å². The number of aromatic amines is 1. The Hall–Kier alpha value is -3.01. The van der Waals surface area contributed by atoms with E-state index in [4.69, 9.17) is 0 Å². The highest BCUT2D eigenvalue weighted by Crippen LogP contribution is 2.33. The van der Waals surface area contributed by atoms with E-state index in [0.29, 0.717) is 18.3 Å². The normalized spacial score (nSPS) is 20.6. The smallest absolute Gasteiger partial charge is 0.270 e. The summed E-state index contributed by atoms with van der Waals surface area (Å²) in [6.45, 7) is 2.78. The number of H-pyrrole nitrogens is 1. The molecule has 0 radical (unpaired) electrons. The van der Waals surface area contributed by atoms with Crippen LogP contribution in [0.2, 0.25) is 0 Å². The van der Waals surface area contributed by atoms with Crippen molar-refractivity contribution in [2.24, 2.45) is 0 Å². The van der Waals surface area contributed by atoms with E-state index in [1.165, 1.54) is 16.8 Å². The van der Waals surface area contributed by atoms with Crippen LogP contribution in [0.15, 0.2) is 66.4 Å². The maximum atomic E-state index is 13.3. The van der Waals surface area contributed by atoms with Crippen molar-refractivity contribution in [3.63, 3.8) is 0 Å². The first-order valence-electron chi connectivity index (χ1n) is 11.2. The Kier molecular flexibility index (Phi) is 5.07. The quantitative estimate of drug-likeness (QED) is 0.608. The van der Waals surface area contributed by atoms with Gasteiger partial charge < -0.3 is 15.2 Å². The molecule has 2 aliphatic rings. The first-order valence-corrected chi connectivity index (χ1v) is 11.2. The molecule has 2 aliphatic carbocycles. The van der Waals surface area contributed by atoms with Gasteiger partial charge in [-0.15, -0.1) is 0 Å². The molecule has 3 aromatic rings. The lowest BCUT2D eigenvalue weighted by Crippen LogP contribution is -2.41. The van der Waals surface area contributed by atoms with Gasteiger partial charge in [-0.2, -0.15) is 0 Å². The Morgan fingerprint density at radius 2 is 1.93 bits per heavy atom. The summed E-state index contributed by atoms with van der Waals surface area (Å²) >= 11 is 0. The molecular weight excluding hydrogens is 370 g/mol. The molecule has 30 heavy (non-hydrogen) atoms. The van der Waals surface area contributed by atoms with Crippen LogP contribution in [0.1, 0.15) is 60.3 Å². The zero-order valence-electron chi connectivity index (χ0n) is 17.5. The molecule has 0 fully saturated rings. The van der Waals surface area contributed by atoms with Gasteiger partial charge in [-0.05, 0) is 68.4 Å². The number of likely N-dealkylation sites (N-methyl/N-ethyl adjacent to an activating group) is 1. The number of para-hydroxylation sites is 1. The zero-order valence-corrected chi connectivity index (χ0v) is 17.5. The number of aromatic nitrogens is 1. The molecule has 0 spiro atoms. The Balaban J connectivity index is 1.35. The summed E-state index contributed by atoms with van der Waals surface area (Å²) < 4.78 is 0. The summed E-state index contributed by atoms with van der Waals surface area (Å²) in [4.78, 5) is 18.6. The minimum Gasteiger partial charge on any atom is -0.382 e. The third-order valence-electron chi connectivity index (χ3n) is 6.59. The molecule has 1 heterocycles. The van der Waals surface area contributed by atoms with E-state index in [-0.39, 0.29) is 11.9 Å². The van der Waals surface area contributed by atoms with Crippen LogP contribution in [0.25, 0.3) is 10.9 Å². The lowest BCUT2D eigenvalue weighted by molar-refractivity contribution is 0.0706. The average molecular weight is 400 g/mol. The van der Waals surface area contributed by atoms with Gasteiger partial charge in [0.1, 0.15) is 5.69 Å². The minimum atomic E-state index is 0.0856. The first kappa shape index (κ1) is 19.0. The molecule has 5 rings (SSSR count). The van der Waals surface area contributed by atoms with Crippen LogP contribution in [0, 0.1) is 0 Å². The molecule has 0 saturated carbocycles. The molecular formula is C26H29N3O. The van der Waals surface area contributed by atoms with E-state index in [0.717, 1.165) is 43.0 Å². The third kappa shape index (κ3) is 3.51. The van der Waals surface area contributed by atoms with Gasteiger partial charge in [0.15, 0.2) is 0 Å². The molecule has 0 bridgehead atoms. The SMILES string of the molecule is CCN(C(=O)c1cc2ccccc2[nH]1)[C@@H]1C=C(N[C@H]2CCc3ccccc32)CCC1. The number of allylic oxidation sites excluding steroid dienone is 1. The monoisotopic (exact) mass is 399 g/mol. The highest BCUT2D eigenvalue weighted by Gasteiger charge is 2.28. The largest absolute Gasteiger partial charge is 0.382 e. The van der Waals surface area contributed by atoms with Gasteiger partial charge >= 0.3 is 0 Å². The van der Waals surface area contributed by atoms with Crippen LogP contribution in [0.4, 0.5) is 0 Å². The van der Waals surface area contributed by atoms with E-state index >= 15 is 0 Å². The lowest BCUT2D eigenvalue weighted by atomic mass is 9.97. The van der Waals surface area contributed by atoms with Crippen LogP contribution in [0.3, 0.4) is 0 Å². The van der Waals surface area contributed by atoms with Crippen LogP contribution in [-0.4, -0.2) is 28.4 Å². The number of amides is 1. The van der Waals surface area contributed by atoms with E-state index in [1.54, 1.807) is 0 Å². The molecule has 1 amide bonds. The van der Waals surface area contributed by atoms with E-state index in [2.05, 4.69) is 47.6 Å². The molecule has 1 aromatic heterocycles. The number of aryl methyl sites for hydroxylation is 1. The predicted octanol–water partition coefficient (Wildman–Crippen LogP) is 5.34. The number of nitrogens with one attached hydrogen (secondary N) is 2. The average Bonchev–Trinajstić information content (AvgIpc) is 3.39. The molecule has 2 atom stereocenters. The fourth-order valence-electron chi connectivity index (χ4n) is 5.07. The molecule has 4 nitrogen and oxygen atoms in total. The van der Waals surface area contributed by atoms with Crippen molar-refractivity contribution in [1.82, 2.24) is 15.2 Å². The van der Waals surface area contributed by atoms with Gasteiger partial charge in [0.25, 0.3) is 5.91 Å². The minimum absolute atomic E-state index is 0.0856. The molecule has 0 aliphatic heterocycles. The summed E-state index contributed by atoms with van der Waals surface area (Å²) in [5.74, 6) is 0.0856. The van der Waals surface area contributed by atoms with Crippen molar-refractivity contribution in [1.29, 1.82) is 0 Å². The summed E-state index contributed by atoms with van der Waals surface area (Å²) in [5.41, 5.74) is 5.87. The molecule has 0 unspecified atom stereocenters. The summed E-state index contributed by atoms with van der Waals surface area (Å²) in [6, 6.07) is 19.3.